The first kappa shape index (κ1) is 23.7. The molecule has 0 unspecified atom stereocenters. The van der Waals surface area contributed by atoms with Gasteiger partial charge in [-0.1, -0.05) is 32.9 Å². The van der Waals surface area contributed by atoms with E-state index in [4.69, 9.17) is 9.47 Å². The molecule has 3 rings (SSSR count). The lowest BCUT2D eigenvalue weighted by molar-refractivity contribution is -0.149. The summed E-state index contributed by atoms with van der Waals surface area (Å²) in [5.41, 5.74) is 4.49. The van der Waals surface area contributed by atoms with Gasteiger partial charge in [-0.2, -0.15) is 0 Å². The summed E-state index contributed by atoms with van der Waals surface area (Å²) in [5, 5.41) is 0. The minimum Gasteiger partial charge on any atom is -0.430 e. The van der Waals surface area contributed by atoms with Crippen molar-refractivity contribution in [2.24, 2.45) is 10.8 Å². The molecule has 1 fully saturated rings. The molecule has 0 N–H and O–H groups in total. The highest BCUT2D eigenvalue weighted by Gasteiger charge is 2.44. The Kier molecular flexibility index (Phi) is 7.10. The van der Waals surface area contributed by atoms with E-state index < -0.39 is 5.41 Å². The van der Waals surface area contributed by atoms with E-state index in [0.717, 1.165) is 37.7 Å². The average molecular weight is 427 g/mol. The number of carbonyl (C=O) groups is 2. The van der Waals surface area contributed by atoms with Gasteiger partial charge in [-0.15, -0.1) is 0 Å². The third-order valence-corrected chi connectivity index (χ3v) is 6.79. The van der Waals surface area contributed by atoms with E-state index in [1.807, 2.05) is 20.8 Å². The lowest BCUT2D eigenvalue weighted by Gasteiger charge is -2.41. The van der Waals surface area contributed by atoms with Crippen molar-refractivity contribution < 1.29 is 19.1 Å². The summed E-state index contributed by atoms with van der Waals surface area (Å²) in [6.45, 7) is 13.3. The van der Waals surface area contributed by atoms with Gasteiger partial charge in [-0.05, 0) is 80.5 Å². The van der Waals surface area contributed by atoms with Crippen LogP contribution in [0, 0.1) is 10.8 Å². The molecule has 2 aliphatic rings. The lowest BCUT2D eigenvalue weighted by Crippen LogP contribution is -2.37. The molecule has 1 saturated heterocycles. The van der Waals surface area contributed by atoms with E-state index >= 15 is 0 Å². The minimum atomic E-state index is -0.630. The number of rotatable bonds is 5. The van der Waals surface area contributed by atoms with Crippen LogP contribution in [0.15, 0.2) is 17.9 Å². The zero-order chi connectivity index (χ0) is 22.8. The fraction of sp³-hybridized carbons (Fsp3) is 0.630. The molecule has 0 aromatic heterocycles. The highest BCUT2D eigenvalue weighted by atomic mass is 16.5. The largest absolute Gasteiger partial charge is 0.430 e. The topological polar surface area (TPSA) is 52.6 Å². The molecule has 0 saturated carbocycles. The molecule has 0 radical (unpaired) electrons. The molecule has 1 spiro atoms. The van der Waals surface area contributed by atoms with Gasteiger partial charge in [0.05, 0.1) is 11.0 Å². The number of ketones is 1. The van der Waals surface area contributed by atoms with Crippen molar-refractivity contribution in [1.82, 2.24) is 0 Å². The molecule has 31 heavy (non-hydrogen) atoms. The molecule has 1 heterocycles. The van der Waals surface area contributed by atoms with Gasteiger partial charge in [0.15, 0.2) is 5.78 Å². The molecule has 0 amide bonds. The Labute approximate surface area is 187 Å². The fourth-order valence-corrected chi connectivity index (χ4v) is 4.79. The van der Waals surface area contributed by atoms with Crippen molar-refractivity contribution in [3.8, 4) is 0 Å². The molecule has 1 aliphatic carbocycles. The first-order valence-electron chi connectivity index (χ1n) is 11.9. The van der Waals surface area contributed by atoms with Gasteiger partial charge >= 0.3 is 5.97 Å². The van der Waals surface area contributed by atoms with Gasteiger partial charge < -0.3 is 9.47 Å². The van der Waals surface area contributed by atoms with Crippen molar-refractivity contribution in [3.63, 3.8) is 0 Å². The minimum absolute atomic E-state index is 0.110. The Bertz CT molecular complexity index is 854. The van der Waals surface area contributed by atoms with Crippen LogP contribution in [0.3, 0.4) is 0 Å². The number of hydrogen-bond donors (Lipinski definition) is 0. The van der Waals surface area contributed by atoms with Crippen LogP contribution in [0.5, 0.6) is 0 Å². The highest BCUT2D eigenvalue weighted by Crippen LogP contribution is 2.48. The van der Waals surface area contributed by atoms with Crippen LogP contribution in [0.25, 0.3) is 5.57 Å². The monoisotopic (exact) mass is 426 g/mol. The van der Waals surface area contributed by atoms with Gasteiger partial charge in [0, 0.05) is 26.1 Å². The Morgan fingerprint density at radius 3 is 2.06 bits per heavy atom. The zero-order valence-electron chi connectivity index (χ0n) is 20.2. The van der Waals surface area contributed by atoms with Crippen LogP contribution in [0.1, 0.15) is 89.5 Å². The summed E-state index contributed by atoms with van der Waals surface area (Å²) in [5.74, 6) is 0.406. The number of benzene rings is 1. The van der Waals surface area contributed by atoms with E-state index in [1.54, 1.807) is 0 Å². The number of carbonyl (C=O) groups excluding carboxylic acids is 2. The molecule has 4 nitrogen and oxygen atoms in total. The molecule has 1 aliphatic heterocycles. The quantitative estimate of drug-likeness (QED) is 0.556. The maximum atomic E-state index is 13.7. The second-order valence-corrected chi connectivity index (χ2v) is 10.2. The second kappa shape index (κ2) is 9.28. The van der Waals surface area contributed by atoms with Crippen molar-refractivity contribution in [3.05, 3.63) is 40.1 Å². The van der Waals surface area contributed by atoms with E-state index in [1.165, 1.54) is 16.7 Å². The Balaban J connectivity index is 2.20. The van der Waals surface area contributed by atoms with Gasteiger partial charge in [-0.25, -0.2) is 0 Å². The number of esters is 1. The van der Waals surface area contributed by atoms with Crippen molar-refractivity contribution in [2.45, 2.75) is 86.5 Å². The SMILES string of the molecule is CCc1cc(CC)c(C2=C(OC(=O)C(C)(C)C)CC3(CCOCC3)CC2=O)c(CC)c1. The number of Topliss-reactive ketones (excluding diaryl/α,β-unsaturated/α-hetero) is 1. The third-order valence-electron chi connectivity index (χ3n) is 6.79. The predicted octanol–water partition coefficient (Wildman–Crippen LogP) is 5.83. The van der Waals surface area contributed by atoms with Gasteiger partial charge in [0.2, 0.25) is 0 Å². The fourth-order valence-electron chi connectivity index (χ4n) is 4.79. The van der Waals surface area contributed by atoms with E-state index in [0.29, 0.717) is 37.4 Å². The lowest BCUT2D eigenvalue weighted by atomic mass is 9.67. The van der Waals surface area contributed by atoms with E-state index in [9.17, 15) is 9.59 Å². The Morgan fingerprint density at radius 1 is 1.00 bits per heavy atom. The van der Waals surface area contributed by atoms with Crippen molar-refractivity contribution >= 4 is 17.3 Å². The van der Waals surface area contributed by atoms with Crippen LogP contribution in [0.2, 0.25) is 0 Å². The summed E-state index contributed by atoms with van der Waals surface area (Å²) in [6.07, 6.45) is 5.43. The van der Waals surface area contributed by atoms with Crippen LogP contribution in [-0.4, -0.2) is 25.0 Å². The van der Waals surface area contributed by atoms with Crippen LogP contribution in [0.4, 0.5) is 0 Å². The third kappa shape index (κ3) is 4.95. The summed E-state index contributed by atoms with van der Waals surface area (Å²) >= 11 is 0. The second-order valence-electron chi connectivity index (χ2n) is 10.2. The normalized spacial score (nSPS) is 19.1. The zero-order valence-corrected chi connectivity index (χ0v) is 20.2. The Morgan fingerprint density at radius 2 is 1.58 bits per heavy atom. The van der Waals surface area contributed by atoms with Gasteiger partial charge in [0.25, 0.3) is 0 Å². The summed E-state index contributed by atoms with van der Waals surface area (Å²) in [7, 11) is 0. The van der Waals surface area contributed by atoms with Crippen LogP contribution >= 0.6 is 0 Å². The number of hydrogen-bond acceptors (Lipinski definition) is 4. The van der Waals surface area contributed by atoms with E-state index in [2.05, 4.69) is 32.9 Å². The average Bonchev–Trinajstić information content (AvgIpc) is 2.72. The number of allylic oxidation sites excluding steroid dienone is 2. The van der Waals surface area contributed by atoms with Crippen molar-refractivity contribution in [2.75, 3.05) is 13.2 Å². The van der Waals surface area contributed by atoms with Gasteiger partial charge in [-0.3, -0.25) is 9.59 Å². The van der Waals surface area contributed by atoms with Crippen molar-refractivity contribution in [1.29, 1.82) is 0 Å². The van der Waals surface area contributed by atoms with Gasteiger partial charge in [0.1, 0.15) is 5.76 Å². The molecule has 0 bridgehead atoms. The molecule has 0 atom stereocenters. The molecule has 170 valence electrons. The summed E-state index contributed by atoms with van der Waals surface area (Å²) < 4.78 is 11.6. The highest BCUT2D eigenvalue weighted by molar-refractivity contribution is 6.23. The molecular weight excluding hydrogens is 388 g/mol. The molecular formula is C27H38O4. The predicted molar refractivity (Wildman–Crippen MR) is 124 cm³/mol. The van der Waals surface area contributed by atoms with Crippen LogP contribution < -0.4 is 0 Å². The Hall–Kier alpha value is -1.94. The molecule has 4 heteroatoms. The number of aryl methyl sites for hydroxylation is 3. The standard InChI is InChI=1S/C27H38O4/c1-7-18-14-19(8-2)23(20(9-3)15-18)24-21(28)16-27(10-12-30-13-11-27)17-22(24)31-25(29)26(4,5)6/h14-15H,7-13,16-17H2,1-6H3. The first-order chi connectivity index (χ1) is 14.6. The maximum Gasteiger partial charge on any atom is 0.316 e. The van der Waals surface area contributed by atoms with Crippen LogP contribution in [-0.2, 0) is 38.3 Å². The maximum absolute atomic E-state index is 13.7. The summed E-state index contributed by atoms with van der Waals surface area (Å²) in [6, 6.07) is 4.44. The first-order valence-corrected chi connectivity index (χ1v) is 11.9. The molecule has 1 aromatic rings. The number of ether oxygens (including phenoxy) is 2. The smallest absolute Gasteiger partial charge is 0.316 e. The summed E-state index contributed by atoms with van der Waals surface area (Å²) in [4.78, 5) is 26.6. The van der Waals surface area contributed by atoms with E-state index in [-0.39, 0.29) is 17.2 Å². The molecule has 1 aromatic carbocycles.